The Bertz CT molecular complexity index is 1210. The molecule has 0 amide bonds. The molecule has 164 valence electrons. The largest absolute Gasteiger partial charge is 0.461 e. The molecule has 0 saturated heterocycles. The van der Waals surface area contributed by atoms with Crippen LogP contribution in [0.2, 0.25) is 0 Å². The Morgan fingerprint density at radius 3 is 2.48 bits per heavy atom. The number of halogens is 3. The zero-order chi connectivity index (χ0) is 22.7. The molecule has 0 bridgehead atoms. The predicted octanol–water partition coefficient (Wildman–Crippen LogP) is 4.67. The molecule has 0 saturated carbocycles. The van der Waals surface area contributed by atoms with E-state index in [2.05, 4.69) is 0 Å². The summed E-state index contributed by atoms with van der Waals surface area (Å²) in [5.41, 5.74) is 8.74. The van der Waals surface area contributed by atoms with Crippen molar-refractivity contribution >= 4 is 28.3 Å². The Balaban J connectivity index is 2.15. The molecule has 0 radical (unpaired) electrons. The van der Waals surface area contributed by atoms with Crippen LogP contribution in [0.25, 0.3) is 22.3 Å². The number of unbranched alkanes of at least 4 members (excludes halogenated alkanes) is 2. The zero-order valence-electron chi connectivity index (χ0n) is 16.8. The van der Waals surface area contributed by atoms with Gasteiger partial charge in [0.15, 0.2) is 11.4 Å². The van der Waals surface area contributed by atoms with Crippen molar-refractivity contribution in [3.8, 4) is 11.3 Å². The molecule has 0 aliphatic heterocycles. The van der Waals surface area contributed by atoms with Crippen LogP contribution in [0.5, 0.6) is 0 Å². The van der Waals surface area contributed by atoms with Crippen molar-refractivity contribution < 1.29 is 27.1 Å². The highest BCUT2D eigenvalue weighted by atomic mass is 19.1. The van der Waals surface area contributed by atoms with Crippen LogP contribution < -0.4 is 16.9 Å². The molecule has 3 rings (SSSR count). The number of carbonyl (C=O) groups excluding carboxylic acids is 1. The summed E-state index contributed by atoms with van der Waals surface area (Å²) in [6.07, 6.45) is 2.49. The minimum atomic E-state index is -1.15. The normalized spacial score (nSPS) is 11.1. The number of hydrogen-bond acceptors (Lipinski definition) is 6. The summed E-state index contributed by atoms with van der Waals surface area (Å²) in [7, 11) is 0. The van der Waals surface area contributed by atoms with E-state index in [1.54, 1.807) is 0 Å². The van der Waals surface area contributed by atoms with E-state index in [9.17, 15) is 22.8 Å². The second-order valence-electron chi connectivity index (χ2n) is 7.05. The lowest BCUT2D eigenvalue weighted by molar-refractivity contribution is -0.145. The van der Waals surface area contributed by atoms with Crippen molar-refractivity contribution in [2.24, 2.45) is 0 Å². The maximum atomic E-state index is 14.4. The highest BCUT2D eigenvalue weighted by molar-refractivity contribution is 5.91. The maximum absolute atomic E-state index is 14.4. The van der Waals surface area contributed by atoms with Crippen LogP contribution in [-0.4, -0.2) is 5.97 Å². The van der Waals surface area contributed by atoms with Crippen LogP contribution >= 0.6 is 0 Å². The zero-order valence-corrected chi connectivity index (χ0v) is 16.8. The highest BCUT2D eigenvalue weighted by Crippen LogP contribution is 2.32. The van der Waals surface area contributed by atoms with Gasteiger partial charge in [0.25, 0.3) is 0 Å². The minimum Gasteiger partial charge on any atom is -0.461 e. The molecule has 3 aromatic rings. The first-order valence-electron chi connectivity index (χ1n) is 9.68. The Hall–Kier alpha value is -3.49. The van der Waals surface area contributed by atoms with E-state index >= 15 is 0 Å². The van der Waals surface area contributed by atoms with Crippen molar-refractivity contribution in [2.75, 3.05) is 11.5 Å². The summed E-state index contributed by atoms with van der Waals surface area (Å²) in [6, 6.07) is 4.09. The molecule has 0 aliphatic rings. The molecule has 6 nitrogen and oxygen atoms in total. The number of anilines is 2. The van der Waals surface area contributed by atoms with Crippen molar-refractivity contribution in [1.82, 2.24) is 0 Å². The molecule has 2 aromatic carbocycles. The monoisotopic (exact) mass is 434 g/mol. The molecular formula is C22H21F3N2O4. The first kappa shape index (κ1) is 22.2. The third kappa shape index (κ3) is 4.50. The second-order valence-corrected chi connectivity index (χ2v) is 7.05. The van der Waals surface area contributed by atoms with Gasteiger partial charge in [0, 0.05) is 18.1 Å². The first-order chi connectivity index (χ1) is 14.7. The van der Waals surface area contributed by atoms with Crippen molar-refractivity contribution in [3.63, 3.8) is 0 Å². The van der Waals surface area contributed by atoms with Gasteiger partial charge in [0.2, 0.25) is 5.43 Å². The number of rotatable bonds is 7. The standard InChI is InChI=1S/C22H21F3N2O4/c1-2-3-4-5-17(28)30-10-12-20(29)18-19(27)14(24)9-15(25)22(18)31-21(12)11-6-7-16(26)13(23)8-11/h6-9H,2-5,10,26-27H2,1H3. The van der Waals surface area contributed by atoms with Crippen molar-refractivity contribution in [2.45, 2.75) is 39.2 Å². The summed E-state index contributed by atoms with van der Waals surface area (Å²) < 4.78 is 53.0. The highest BCUT2D eigenvalue weighted by Gasteiger charge is 2.23. The fourth-order valence-electron chi connectivity index (χ4n) is 3.14. The lowest BCUT2D eigenvalue weighted by atomic mass is 10.0. The molecular weight excluding hydrogens is 413 g/mol. The van der Waals surface area contributed by atoms with Gasteiger partial charge in [-0.15, -0.1) is 0 Å². The topological polar surface area (TPSA) is 109 Å². The fraction of sp³-hybridized carbons (Fsp3) is 0.273. The van der Waals surface area contributed by atoms with E-state index in [0.717, 1.165) is 18.9 Å². The Kier molecular flexibility index (Phi) is 6.53. The van der Waals surface area contributed by atoms with Crippen LogP contribution in [0.1, 0.15) is 38.2 Å². The lowest BCUT2D eigenvalue weighted by Crippen LogP contribution is -2.17. The number of nitrogen functional groups attached to an aromatic ring is 2. The average molecular weight is 434 g/mol. The van der Waals surface area contributed by atoms with Gasteiger partial charge in [0.05, 0.1) is 22.3 Å². The van der Waals surface area contributed by atoms with E-state index in [1.165, 1.54) is 12.1 Å². The summed E-state index contributed by atoms with van der Waals surface area (Å²) in [4.78, 5) is 25.1. The van der Waals surface area contributed by atoms with E-state index < -0.39 is 52.1 Å². The fourth-order valence-corrected chi connectivity index (χ4v) is 3.14. The van der Waals surface area contributed by atoms with Crippen molar-refractivity contribution in [3.05, 3.63) is 57.5 Å². The Labute approximate surface area is 175 Å². The molecule has 0 aliphatic carbocycles. The van der Waals surface area contributed by atoms with E-state index in [0.29, 0.717) is 12.5 Å². The smallest absolute Gasteiger partial charge is 0.306 e. The van der Waals surface area contributed by atoms with Crippen LogP contribution in [-0.2, 0) is 16.1 Å². The number of benzene rings is 2. The van der Waals surface area contributed by atoms with E-state index in [-0.39, 0.29) is 29.0 Å². The van der Waals surface area contributed by atoms with Crippen LogP contribution in [0, 0.1) is 17.5 Å². The second kappa shape index (κ2) is 9.11. The van der Waals surface area contributed by atoms with Crippen molar-refractivity contribution in [1.29, 1.82) is 0 Å². The molecule has 0 atom stereocenters. The predicted molar refractivity (Wildman–Crippen MR) is 111 cm³/mol. The van der Waals surface area contributed by atoms with Gasteiger partial charge in [-0.1, -0.05) is 19.8 Å². The molecule has 1 aromatic heterocycles. The Morgan fingerprint density at radius 2 is 1.81 bits per heavy atom. The lowest BCUT2D eigenvalue weighted by Gasteiger charge is -2.13. The third-order valence-electron chi connectivity index (χ3n) is 4.83. The molecule has 31 heavy (non-hydrogen) atoms. The molecule has 0 fully saturated rings. The van der Waals surface area contributed by atoms with Gasteiger partial charge in [0.1, 0.15) is 24.0 Å². The van der Waals surface area contributed by atoms with Gasteiger partial charge in [-0.05, 0) is 24.6 Å². The molecule has 9 heteroatoms. The van der Waals surface area contributed by atoms with Crippen LogP contribution in [0.15, 0.2) is 33.5 Å². The summed E-state index contributed by atoms with van der Waals surface area (Å²) in [5, 5.41) is -0.519. The molecule has 4 N–H and O–H groups in total. The summed E-state index contributed by atoms with van der Waals surface area (Å²) in [5.74, 6) is -3.87. The molecule has 0 spiro atoms. The quantitative estimate of drug-likeness (QED) is 0.318. The number of carbonyl (C=O) groups is 1. The van der Waals surface area contributed by atoms with E-state index in [4.69, 9.17) is 20.6 Å². The summed E-state index contributed by atoms with van der Waals surface area (Å²) in [6.45, 7) is 1.44. The van der Waals surface area contributed by atoms with Crippen LogP contribution in [0.4, 0.5) is 24.5 Å². The number of fused-ring (bicyclic) bond motifs is 1. The first-order valence-corrected chi connectivity index (χ1v) is 9.68. The van der Waals surface area contributed by atoms with Gasteiger partial charge >= 0.3 is 5.97 Å². The number of nitrogens with two attached hydrogens (primary N) is 2. The van der Waals surface area contributed by atoms with E-state index in [1.807, 2.05) is 6.92 Å². The van der Waals surface area contributed by atoms with Crippen LogP contribution in [0.3, 0.4) is 0 Å². The SMILES string of the molecule is CCCCCC(=O)OCc1c(-c2ccc(N)c(F)c2)oc2c(F)cc(F)c(N)c2c1=O. The Morgan fingerprint density at radius 1 is 1.06 bits per heavy atom. The average Bonchev–Trinajstić information content (AvgIpc) is 2.73. The number of esters is 1. The van der Waals surface area contributed by atoms with Gasteiger partial charge in [-0.3, -0.25) is 9.59 Å². The van der Waals surface area contributed by atoms with Gasteiger partial charge in [-0.2, -0.15) is 0 Å². The number of hydrogen-bond donors (Lipinski definition) is 2. The third-order valence-corrected chi connectivity index (χ3v) is 4.83. The summed E-state index contributed by atoms with van der Waals surface area (Å²) >= 11 is 0. The number of ether oxygens (including phenoxy) is 1. The molecule has 1 heterocycles. The van der Waals surface area contributed by atoms with Gasteiger partial charge in [-0.25, -0.2) is 13.2 Å². The minimum absolute atomic E-state index is 0.0602. The maximum Gasteiger partial charge on any atom is 0.306 e. The van der Waals surface area contributed by atoms with Gasteiger partial charge < -0.3 is 20.6 Å². The molecule has 0 unspecified atom stereocenters.